The zero-order chi connectivity index (χ0) is 12.1. The number of nitrogens with zero attached hydrogens (tertiary/aromatic N) is 4. The van der Waals surface area contributed by atoms with Crippen LogP contribution in [-0.4, -0.2) is 27.0 Å². The van der Waals surface area contributed by atoms with Gasteiger partial charge in [-0.25, -0.2) is 15.0 Å². The predicted molar refractivity (Wildman–Crippen MR) is 68.6 cm³/mol. The van der Waals surface area contributed by atoms with Crippen LogP contribution in [0.25, 0.3) is 0 Å². The second-order valence-corrected chi connectivity index (χ2v) is 4.05. The molecule has 0 saturated carbocycles. The fourth-order valence-corrected chi connectivity index (χ4v) is 1.54. The fraction of sp³-hybridized carbons (Fsp3) is 0.200. The van der Waals surface area contributed by atoms with Crippen molar-refractivity contribution in [3.8, 4) is 0 Å². The lowest BCUT2D eigenvalue weighted by atomic mass is 10.4. The normalized spacial score (nSPS) is 10.0. The molecule has 0 aliphatic heterocycles. The Bertz CT molecular complexity index is 489. The molecule has 2 heterocycles. The number of rotatable bonds is 4. The van der Waals surface area contributed by atoms with Gasteiger partial charge in [-0.2, -0.15) is 4.98 Å². The monoisotopic (exact) mass is 294 g/mol. The Morgan fingerprint density at radius 1 is 1.35 bits per heavy atom. The largest absolute Gasteiger partial charge is 0.363 e. The fourth-order valence-electron chi connectivity index (χ4n) is 1.21. The highest BCUT2D eigenvalue weighted by molar-refractivity contribution is 9.10. The van der Waals surface area contributed by atoms with Crippen molar-refractivity contribution in [2.24, 2.45) is 0 Å². The second kappa shape index (κ2) is 5.53. The van der Waals surface area contributed by atoms with Gasteiger partial charge in [-0.3, -0.25) is 0 Å². The SMILES string of the molecule is CNc1ncc(Br)c(NCc2ccncn2)n1. The minimum atomic E-state index is 0.568. The molecule has 17 heavy (non-hydrogen) atoms. The number of hydrogen-bond donors (Lipinski definition) is 2. The molecule has 0 aliphatic carbocycles. The third-order valence-corrected chi connectivity index (χ3v) is 2.63. The third kappa shape index (κ3) is 3.10. The van der Waals surface area contributed by atoms with Crippen molar-refractivity contribution in [3.05, 3.63) is 35.0 Å². The van der Waals surface area contributed by atoms with Crippen molar-refractivity contribution in [1.82, 2.24) is 19.9 Å². The zero-order valence-electron chi connectivity index (χ0n) is 9.18. The van der Waals surface area contributed by atoms with Crippen molar-refractivity contribution in [3.63, 3.8) is 0 Å². The van der Waals surface area contributed by atoms with Gasteiger partial charge in [0.1, 0.15) is 12.1 Å². The molecule has 2 aromatic rings. The molecule has 2 aromatic heterocycles. The predicted octanol–water partition coefficient (Wildman–Crippen LogP) is 1.68. The van der Waals surface area contributed by atoms with Crippen molar-refractivity contribution in [2.75, 3.05) is 17.7 Å². The molecule has 88 valence electrons. The maximum atomic E-state index is 4.28. The van der Waals surface area contributed by atoms with E-state index in [2.05, 4.69) is 46.5 Å². The highest BCUT2D eigenvalue weighted by Crippen LogP contribution is 2.20. The Morgan fingerprint density at radius 2 is 2.24 bits per heavy atom. The quantitative estimate of drug-likeness (QED) is 0.894. The number of halogens is 1. The minimum Gasteiger partial charge on any atom is -0.363 e. The Balaban J connectivity index is 2.08. The van der Waals surface area contributed by atoms with Crippen LogP contribution < -0.4 is 10.6 Å². The Hall–Kier alpha value is -1.76. The smallest absolute Gasteiger partial charge is 0.224 e. The van der Waals surface area contributed by atoms with Crippen LogP contribution in [-0.2, 0) is 6.54 Å². The molecule has 2 rings (SSSR count). The van der Waals surface area contributed by atoms with Gasteiger partial charge >= 0.3 is 0 Å². The summed E-state index contributed by atoms with van der Waals surface area (Å²) < 4.78 is 0.811. The van der Waals surface area contributed by atoms with Gasteiger partial charge < -0.3 is 10.6 Å². The number of hydrogen-bond acceptors (Lipinski definition) is 6. The first-order valence-electron chi connectivity index (χ1n) is 4.98. The van der Waals surface area contributed by atoms with Gasteiger partial charge in [0.05, 0.1) is 16.7 Å². The van der Waals surface area contributed by atoms with E-state index < -0.39 is 0 Å². The number of aromatic nitrogens is 4. The molecule has 0 atom stereocenters. The Kier molecular flexibility index (Phi) is 3.81. The lowest BCUT2D eigenvalue weighted by Crippen LogP contribution is -2.06. The van der Waals surface area contributed by atoms with E-state index >= 15 is 0 Å². The average Bonchev–Trinajstić information content (AvgIpc) is 2.39. The average molecular weight is 295 g/mol. The lowest BCUT2D eigenvalue weighted by Gasteiger charge is -2.08. The van der Waals surface area contributed by atoms with Crippen LogP contribution in [0.2, 0.25) is 0 Å². The topological polar surface area (TPSA) is 75.6 Å². The summed E-state index contributed by atoms with van der Waals surface area (Å²) in [5, 5.41) is 6.06. The highest BCUT2D eigenvalue weighted by Gasteiger charge is 2.04. The van der Waals surface area contributed by atoms with E-state index in [1.54, 1.807) is 19.4 Å². The molecule has 0 aromatic carbocycles. The van der Waals surface area contributed by atoms with Crippen LogP contribution >= 0.6 is 15.9 Å². The van der Waals surface area contributed by atoms with Gasteiger partial charge in [-0.1, -0.05) is 0 Å². The zero-order valence-corrected chi connectivity index (χ0v) is 10.8. The van der Waals surface area contributed by atoms with E-state index in [0.717, 1.165) is 16.0 Å². The molecular weight excluding hydrogens is 284 g/mol. The van der Waals surface area contributed by atoms with Crippen LogP contribution in [0.5, 0.6) is 0 Å². The summed E-state index contributed by atoms with van der Waals surface area (Å²) in [6.45, 7) is 0.585. The van der Waals surface area contributed by atoms with E-state index in [0.29, 0.717) is 12.5 Å². The Morgan fingerprint density at radius 3 is 2.94 bits per heavy atom. The van der Waals surface area contributed by atoms with Crippen LogP contribution in [0.15, 0.2) is 29.3 Å². The second-order valence-electron chi connectivity index (χ2n) is 3.19. The number of nitrogens with one attached hydrogen (secondary N) is 2. The van der Waals surface area contributed by atoms with E-state index in [-0.39, 0.29) is 0 Å². The maximum absolute atomic E-state index is 4.28. The van der Waals surface area contributed by atoms with Crippen LogP contribution in [0.1, 0.15) is 5.69 Å². The van der Waals surface area contributed by atoms with Gasteiger partial charge in [0.15, 0.2) is 0 Å². The van der Waals surface area contributed by atoms with E-state index in [1.807, 2.05) is 6.07 Å². The molecular formula is C10H11BrN6. The highest BCUT2D eigenvalue weighted by atomic mass is 79.9. The third-order valence-electron chi connectivity index (χ3n) is 2.05. The minimum absolute atomic E-state index is 0.568. The molecule has 2 N–H and O–H groups in total. The molecule has 0 unspecified atom stereocenters. The number of anilines is 2. The molecule has 0 aliphatic rings. The van der Waals surface area contributed by atoms with Gasteiger partial charge in [-0.15, -0.1) is 0 Å². The first-order chi connectivity index (χ1) is 8.29. The molecule has 0 amide bonds. The Labute approximate surface area is 107 Å². The summed E-state index contributed by atoms with van der Waals surface area (Å²) in [4.78, 5) is 16.3. The molecule has 0 spiro atoms. The van der Waals surface area contributed by atoms with Gasteiger partial charge in [0, 0.05) is 19.4 Å². The molecule has 7 heteroatoms. The molecule has 0 saturated heterocycles. The summed E-state index contributed by atoms with van der Waals surface area (Å²) in [6, 6.07) is 1.85. The summed E-state index contributed by atoms with van der Waals surface area (Å²) >= 11 is 3.39. The summed E-state index contributed by atoms with van der Waals surface area (Å²) in [6.07, 6.45) is 4.92. The molecule has 0 radical (unpaired) electrons. The summed E-state index contributed by atoms with van der Waals surface area (Å²) in [7, 11) is 1.78. The molecule has 0 bridgehead atoms. The standard InChI is InChI=1S/C10H11BrN6/c1-12-10-15-5-8(11)9(17-10)14-4-7-2-3-13-6-16-7/h2-3,5-6H,4H2,1H3,(H2,12,14,15,17). The summed E-state index contributed by atoms with van der Waals surface area (Å²) in [5.41, 5.74) is 0.900. The van der Waals surface area contributed by atoms with Gasteiger partial charge in [0.25, 0.3) is 0 Å². The maximum Gasteiger partial charge on any atom is 0.224 e. The van der Waals surface area contributed by atoms with Gasteiger partial charge in [0.2, 0.25) is 5.95 Å². The van der Waals surface area contributed by atoms with E-state index in [9.17, 15) is 0 Å². The first-order valence-corrected chi connectivity index (χ1v) is 5.78. The van der Waals surface area contributed by atoms with Crippen LogP contribution in [0.3, 0.4) is 0 Å². The molecule has 6 nitrogen and oxygen atoms in total. The van der Waals surface area contributed by atoms with Crippen molar-refractivity contribution >= 4 is 27.7 Å². The van der Waals surface area contributed by atoms with E-state index in [4.69, 9.17) is 0 Å². The van der Waals surface area contributed by atoms with E-state index in [1.165, 1.54) is 6.33 Å². The first kappa shape index (κ1) is 11.7. The van der Waals surface area contributed by atoms with Crippen molar-refractivity contribution in [1.29, 1.82) is 0 Å². The van der Waals surface area contributed by atoms with Crippen molar-refractivity contribution in [2.45, 2.75) is 6.54 Å². The molecule has 0 fully saturated rings. The summed E-state index contributed by atoms with van der Waals surface area (Å²) in [5.74, 6) is 1.29. The van der Waals surface area contributed by atoms with Crippen LogP contribution in [0.4, 0.5) is 11.8 Å². The lowest BCUT2D eigenvalue weighted by molar-refractivity contribution is 0.988. The van der Waals surface area contributed by atoms with Crippen molar-refractivity contribution < 1.29 is 0 Å². The van der Waals surface area contributed by atoms with Crippen LogP contribution in [0, 0.1) is 0 Å². The van der Waals surface area contributed by atoms with Gasteiger partial charge in [-0.05, 0) is 22.0 Å².